The second-order valence-corrected chi connectivity index (χ2v) is 13.3. The molecular weight excluding hydrogens is 380 g/mol. The normalized spacial score (nSPS) is 25.2. The zero-order valence-corrected chi connectivity index (χ0v) is 14.0. The standard InChI is InChI=1S/C4H14O13P4/c1-3(5,18(7,8)9)20(13,14)17-21(15,16)4(2,6)19(10,11)12/h5-6H,1-2H3,(H,13,14)(H,15,16)(H2,7,8,9)(H2,10,11,12). The van der Waals surface area contributed by atoms with Gasteiger partial charge in [-0.15, -0.1) is 0 Å². The second kappa shape index (κ2) is 5.58. The largest absolute Gasteiger partial charge is 0.378 e. The average molecular weight is 394 g/mol. The van der Waals surface area contributed by atoms with E-state index in [9.17, 15) is 38.3 Å². The van der Waals surface area contributed by atoms with Crippen molar-refractivity contribution >= 4 is 30.4 Å². The molecule has 0 saturated heterocycles. The minimum Gasteiger partial charge on any atom is -0.368 e. The van der Waals surface area contributed by atoms with Gasteiger partial charge in [0.15, 0.2) is 0 Å². The minimum absolute atomic E-state index is 0.0980. The highest BCUT2D eigenvalue weighted by atomic mass is 31.3. The lowest BCUT2D eigenvalue weighted by molar-refractivity contribution is 0.128. The molecule has 0 aliphatic carbocycles. The molecule has 0 fully saturated rings. The molecule has 0 aromatic carbocycles. The Kier molecular flexibility index (Phi) is 5.72. The van der Waals surface area contributed by atoms with Crippen LogP contribution in [0.25, 0.3) is 0 Å². The van der Waals surface area contributed by atoms with E-state index in [2.05, 4.69) is 4.31 Å². The first-order valence-corrected chi connectivity index (χ1v) is 11.0. The summed E-state index contributed by atoms with van der Waals surface area (Å²) in [5, 5.41) is 10.9. The first kappa shape index (κ1) is 21.6. The maximum atomic E-state index is 11.6. The Balaban J connectivity index is 5.89. The summed E-state index contributed by atoms with van der Waals surface area (Å²) in [7, 11) is -23.6. The van der Waals surface area contributed by atoms with Gasteiger partial charge in [-0.25, -0.2) is 4.31 Å². The van der Waals surface area contributed by atoms with Gasteiger partial charge >= 0.3 is 30.4 Å². The molecule has 0 bridgehead atoms. The van der Waals surface area contributed by atoms with E-state index in [1.165, 1.54) is 0 Å². The van der Waals surface area contributed by atoms with Crippen LogP contribution in [0, 0.1) is 0 Å². The van der Waals surface area contributed by atoms with Crippen LogP contribution in [-0.2, 0) is 22.6 Å². The fraction of sp³-hybridized carbons (Fsp3) is 1.00. The summed E-state index contributed by atoms with van der Waals surface area (Å²) < 4.78 is 48.4. The predicted molar refractivity (Wildman–Crippen MR) is 66.1 cm³/mol. The van der Waals surface area contributed by atoms with Gasteiger partial charge < -0.3 is 39.6 Å². The van der Waals surface area contributed by atoms with Crippen molar-refractivity contribution in [1.29, 1.82) is 0 Å². The Hall–Kier alpha value is 0.560. The van der Waals surface area contributed by atoms with Gasteiger partial charge in [-0.1, -0.05) is 0 Å². The molecule has 0 aliphatic rings. The molecule has 4 atom stereocenters. The molecule has 13 nitrogen and oxygen atoms in total. The maximum Gasteiger partial charge on any atom is 0.378 e. The summed E-state index contributed by atoms with van der Waals surface area (Å²) in [6.45, 7) is 0.196. The van der Waals surface area contributed by atoms with E-state index in [0.29, 0.717) is 0 Å². The Morgan fingerprint density at radius 2 is 0.857 bits per heavy atom. The molecule has 0 aromatic rings. The number of rotatable bonds is 6. The number of hydrogen-bond donors (Lipinski definition) is 8. The van der Waals surface area contributed by atoms with Crippen LogP contribution in [0.1, 0.15) is 13.8 Å². The van der Waals surface area contributed by atoms with E-state index in [1.54, 1.807) is 0 Å². The third kappa shape index (κ3) is 3.91. The van der Waals surface area contributed by atoms with Gasteiger partial charge in [0.05, 0.1) is 0 Å². The van der Waals surface area contributed by atoms with Gasteiger partial charge in [-0.2, -0.15) is 0 Å². The Labute approximate surface area is 117 Å². The maximum absolute atomic E-state index is 11.6. The molecular formula is C4H14O13P4. The van der Waals surface area contributed by atoms with Gasteiger partial charge in [0.25, 0.3) is 10.2 Å². The lowest BCUT2D eigenvalue weighted by atomic mass is 10.9. The molecule has 128 valence electrons. The van der Waals surface area contributed by atoms with Crippen LogP contribution < -0.4 is 0 Å². The predicted octanol–water partition coefficient (Wildman–Crippen LogP) is -0.939. The van der Waals surface area contributed by atoms with E-state index >= 15 is 0 Å². The SMILES string of the molecule is CC(O)(P(=O)(O)O)P(=O)(O)OP(=O)(O)C(C)(O)P(=O)(O)O. The zero-order valence-electron chi connectivity index (χ0n) is 10.4. The third-order valence-corrected chi connectivity index (χ3v) is 11.6. The molecule has 0 radical (unpaired) electrons. The highest BCUT2D eigenvalue weighted by Gasteiger charge is 2.65. The van der Waals surface area contributed by atoms with Crippen LogP contribution in [0.3, 0.4) is 0 Å². The highest BCUT2D eigenvalue weighted by molar-refractivity contribution is 7.80. The van der Waals surface area contributed by atoms with Crippen LogP contribution >= 0.6 is 30.4 Å². The van der Waals surface area contributed by atoms with Gasteiger partial charge in [0.1, 0.15) is 0 Å². The van der Waals surface area contributed by atoms with Crippen LogP contribution in [0.2, 0.25) is 0 Å². The van der Waals surface area contributed by atoms with Gasteiger partial charge in [-0.05, 0) is 13.8 Å². The summed E-state index contributed by atoms with van der Waals surface area (Å²) in [6, 6.07) is 0. The zero-order chi connectivity index (χ0) is 17.7. The first-order chi connectivity index (χ1) is 8.71. The average Bonchev–Trinajstić information content (AvgIpc) is 2.11. The highest BCUT2D eigenvalue weighted by Crippen LogP contribution is 2.80. The van der Waals surface area contributed by atoms with E-state index in [4.69, 9.17) is 19.6 Å². The lowest BCUT2D eigenvalue weighted by Gasteiger charge is -2.33. The Bertz CT molecular complexity index is 539. The van der Waals surface area contributed by atoms with Crippen LogP contribution in [-0.4, -0.2) is 49.7 Å². The van der Waals surface area contributed by atoms with Crippen molar-refractivity contribution < 1.29 is 62.1 Å². The van der Waals surface area contributed by atoms with E-state index in [0.717, 1.165) is 0 Å². The fourth-order valence-corrected chi connectivity index (χ4v) is 6.36. The van der Waals surface area contributed by atoms with Gasteiger partial charge in [0.2, 0.25) is 0 Å². The van der Waals surface area contributed by atoms with Gasteiger partial charge in [-0.3, -0.25) is 18.3 Å². The molecule has 0 spiro atoms. The van der Waals surface area contributed by atoms with Crippen LogP contribution in [0.4, 0.5) is 0 Å². The molecule has 8 N–H and O–H groups in total. The van der Waals surface area contributed by atoms with Crippen LogP contribution in [0.5, 0.6) is 0 Å². The number of aliphatic hydroxyl groups is 2. The summed E-state index contributed by atoms with van der Waals surface area (Å²) in [5.41, 5.74) is 0. The molecule has 4 unspecified atom stereocenters. The monoisotopic (exact) mass is 394 g/mol. The molecule has 17 heteroatoms. The lowest BCUT2D eigenvalue weighted by Crippen LogP contribution is -2.29. The quantitative estimate of drug-likeness (QED) is 0.254. The van der Waals surface area contributed by atoms with Crippen molar-refractivity contribution in [2.75, 3.05) is 0 Å². The third-order valence-electron chi connectivity index (χ3n) is 2.40. The van der Waals surface area contributed by atoms with Crippen molar-refractivity contribution in [2.45, 2.75) is 24.0 Å². The molecule has 21 heavy (non-hydrogen) atoms. The van der Waals surface area contributed by atoms with Crippen LogP contribution in [0.15, 0.2) is 0 Å². The Morgan fingerprint density at radius 1 is 0.667 bits per heavy atom. The Morgan fingerprint density at radius 3 is 1.00 bits per heavy atom. The fourth-order valence-electron chi connectivity index (χ4n) is 0.634. The topological polar surface area (TPSA) is 239 Å². The molecule has 0 rings (SSSR count). The number of hydrogen-bond acceptors (Lipinski definition) is 7. The minimum atomic E-state index is -6.03. The molecule has 0 heterocycles. The van der Waals surface area contributed by atoms with Crippen molar-refractivity contribution in [3.8, 4) is 0 Å². The van der Waals surface area contributed by atoms with E-state index < -0.39 is 40.5 Å². The first-order valence-electron chi connectivity index (χ1n) is 4.64. The molecule has 0 amide bonds. The molecule has 0 saturated carbocycles. The molecule has 0 aromatic heterocycles. The van der Waals surface area contributed by atoms with Crippen molar-refractivity contribution in [3.63, 3.8) is 0 Å². The van der Waals surface area contributed by atoms with Crippen molar-refractivity contribution in [3.05, 3.63) is 0 Å². The summed E-state index contributed by atoms with van der Waals surface area (Å²) in [6.07, 6.45) is 0. The van der Waals surface area contributed by atoms with Crippen molar-refractivity contribution in [2.24, 2.45) is 0 Å². The van der Waals surface area contributed by atoms with E-state index in [1.807, 2.05) is 0 Å². The summed E-state index contributed by atoms with van der Waals surface area (Å²) in [5.74, 6) is 0. The smallest absolute Gasteiger partial charge is 0.368 e. The summed E-state index contributed by atoms with van der Waals surface area (Å²) >= 11 is 0. The second-order valence-electron chi connectivity index (χ2n) is 4.15. The van der Waals surface area contributed by atoms with Crippen molar-refractivity contribution in [1.82, 2.24) is 0 Å². The van der Waals surface area contributed by atoms with Gasteiger partial charge in [0, 0.05) is 0 Å². The van der Waals surface area contributed by atoms with E-state index in [-0.39, 0.29) is 13.8 Å². The summed E-state index contributed by atoms with van der Waals surface area (Å²) in [4.78, 5) is 53.3. The molecule has 0 aliphatic heterocycles.